The van der Waals surface area contributed by atoms with Crippen LogP contribution >= 0.6 is 0 Å². The molecule has 0 bridgehead atoms. The number of H-pyrrole nitrogens is 1. The third kappa shape index (κ3) is 2.64. The van der Waals surface area contributed by atoms with Gasteiger partial charge in [0.1, 0.15) is 6.10 Å². The highest BCUT2D eigenvalue weighted by Gasteiger charge is 2.40. The molecule has 1 aromatic carbocycles. The minimum absolute atomic E-state index is 0.0196. The molecule has 0 radical (unpaired) electrons. The molecular formula is C14H17N5O2. The summed E-state index contributed by atoms with van der Waals surface area (Å²) >= 11 is 0. The van der Waals surface area contributed by atoms with E-state index in [0.717, 1.165) is 5.56 Å². The van der Waals surface area contributed by atoms with Crippen LogP contribution in [-0.4, -0.2) is 55.7 Å². The largest absolute Gasteiger partial charge is 0.384 e. The Bertz CT molecular complexity index is 599. The number of amides is 1. The lowest BCUT2D eigenvalue weighted by Gasteiger charge is -2.18. The lowest BCUT2D eigenvalue weighted by atomic mass is 9.88. The number of tetrazole rings is 1. The summed E-state index contributed by atoms with van der Waals surface area (Å²) in [5.41, 5.74) is 1.13. The number of nitrogens with zero attached hydrogens (tertiary/aromatic N) is 4. The average molecular weight is 287 g/mol. The van der Waals surface area contributed by atoms with Gasteiger partial charge in [-0.25, -0.2) is 0 Å². The minimum Gasteiger partial charge on any atom is -0.384 e. The van der Waals surface area contributed by atoms with Crippen molar-refractivity contribution in [1.29, 1.82) is 0 Å². The molecule has 2 N–H and O–H groups in total. The number of aliphatic hydroxyl groups is 1. The molecule has 0 spiro atoms. The summed E-state index contributed by atoms with van der Waals surface area (Å²) in [6.45, 7) is 2.53. The van der Waals surface area contributed by atoms with Crippen LogP contribution < -0.4 is 0 Å². The van der Waals surface area contributed by atoms with E-state index in [1.807, 2.05) is 30.3 Å². The van der Waals surface area contributed by atoms with Crippen molar-refractivity contribution in [2.75, 3.05) is 13.1 Å². The molecule has 2 aromatic rings. The highest BCUT2D eigenvalue weighted by atomic mass is 16.3. The van der Waals surface area contributed by atoms with E-state index >= 15 is 0 Å². The van der Waals surface area contributed by atoms with Crippen LogP contribution in [-0.2, 0) is 4.79 Å². The van der Waals surface area contributed by atoms with E-state index in [0.29, 0.717) is 18.9 Å². The van der Waals surface area contributed by atoms with Gasteiger partial charge in [-0.15, -0.1) is 10.2 Å². The van der Waals surface area contributed by atoms with Crippen molar-refractivity contribution >= 4 is 5.91 Å². The molecule has 7 nitrogen and oxygen atoms in total. The standard InChI is InChI=1S/C14H17N5O2/c1-9(20)14(21)19-7-11(10-5-3-2-4-6-10)12(8-19)13-15-17-18-16-13/h2-6,9,11-12,20H,7-8H2,1H3,(H,15,16,17,18)/t9?,11-,12+/m1/s1. The summed E-state index contributed by atoms with van der Waals surface area (Å²) in [4.78, 5) is 13.7. The van der Waals surface area contributed by atoms with Gasteiger partial charge in [-0.1, -0.05) is 35.5 Å². The Morgan fingerprint density at radius 2 is 2.05 bits per heavy atom. The number of benzene rings is 1. The second-order valence-electron chi connectivity index (χ2n) is 5.31. The fourth-order valence-electron chi connectivity index (χ4n) is 2.87. The van der Waals surface area contributed by atoms with Crippen LogP contribution in [0.15, 0.2) is 30.3 Å². The Kier molecular flexibility index (Phi) is 3.66. The Balaban J connectivity index is 1.90. The molecule has 1 aliphatic heterocycles. The van der Waals surface area contributed by atoms with E-state index in [2.05, 4.69) is 20.6 Å². The molecule has 2 heterocycles. The summed E-state index contributed by atoms with van der Waals surface area (Å²) in [5.74, 6) is 0.423. The van der Waals surface area contributed by atoms with Gasteiger partial charge in [0.2, 0.25) is 0 Å². The topological polar surface area (TPSA) is 95.0 Å². The van der Waals surface area contributed by atoms with Gasteiger partial charge < -0.3 is 10.0 Å². The van der Waals surface area contributed by atoms with Gasteiger partial charge in [-0.3, -0.25) is 4.79 Å². The first-order valence-electron chi connectivity index (χ1n) is 6.92. The van der Waals surface area contributed by atoms with Gasteiger partial charge in [0.15, 0.2) is 5.82 Å². The van der Waals surface area contributed by atoms with Crippen LogP contribution in [0.4, 0.5) is 0 Å². The summed E-state index contributed by atoms with van der Waals surface area (Å²) in [6, 6.07) is 9.98. The van der Waals surface area contributed by atoms with Crippen LogP contribution in [0.5, 0.6) is 0 Å². The molecule has 1 saturated heterocycles. The van der Waals surface area contributed by atoms with E-state index in [1.54, 1.807) is 4.90 Å². The zero-order valence-electron chi connectivity index (χ0n) is 11.7. The number of hydrogen-bond donors (Lipinski definition) is 2. The summed E-state index contributed by atoms with van der Waals surface area (Å²) in [7, 11) is 0. The molecule has 110 valence electrons. The summed E-state index contributed by atoms with van der Waals surface area (Å²) in [5, 5.41) is 23.7. The fraction of sp³-hybridized carbons (Fsp3) is 0.429. The van der Waals surface area contributed by atoms with E-state index in [9.17, 15) is 9.90 Å². The lowest BCUT2D eigenvalue weighted by molar-refractivity contribution is -0.138. The molecule has 7 heteroatoms. The second kappa shape index (κ2) is 5.61. The molecule has 1 amide bonds. The first-order valence-corrected chi connectivity index (χ1v) is 6.92. The number of nitrogens with one attached hydrogen (secondary N) is 1. The van der Waals surface area contributed by atoms with Crippen molar-refractivity contribution in [3.8, 4) is 0 Å². The molecule has 1 fully saturated rings. The zero-order chi connectivity index (χ0) is 14.8. The Hall–Kier alpha value is -2.28. The molecule has 0 aliphatic carbocycles. The van der Waals surface area contributed by atoms with Gasteiger partial charge in [0, 0.05) is 24.9 Å². The first kappa shape index (κ1) is 13.7. The molecular weight excluding hydrogens is 270 g/mol. The average Bonchev–Trinajstić information content (AvgIpc) is 3.16. The maximum Gasteiger partial charge on any atom is 0.251 e. The molecule has 1 aromatic heterocycles. The van der Waals surface area contributed by atoms with Gasteiger partial charge in [0.05, 0.1) is 0 Å². The second-order valence-corrected chi connectivity index (χ2v) is 5.31. The van der Waals surface area contributed by atoms with Crippen LogP contribution in [0.3, 0.4) is 0 Å². The number of carbonyl (C=O) groups excluding carboxylic acids is 1. The highest BCUT2D eigenvalue weighted by molar-refractivity contribution is 5.80. The predicted octanol–water partition coefficient (Wildman–Crippen LogP) is 0.290. The maximum absolute atomic E-state index is 12.0. The van der Waals surface area contributed by atoms with Crippen molar-refractivity contribution in [3.05, 3.63) is 41.7 Å². The monoisotopic (exact) mass is 287 g/mol. The SMILES string of the molecule is CC(O)C(=O)N1C[C@H](c2ccccc2)[C@@H](c2nn[nH]n2)C1. The van der Waals surface area contributed by atoms with E-state index in [-0.39, 0.29) is 17.7 Å². The zero-order valence-corrected chi connectivity index (χ0v) is 11.7. The third-order valence-electron chi connectivity index (χ3n) is 3.91. The van der Waals surface area contributed by atoms with Crippen molar-refractivity contribution in [1.82, 2.24) is 25.5 Å². The predicted molar refractivity (Wildman–Crippen MR) is 74.4 cm³/mol. The maximum atomic E-state index is 12.0. The van der Waals surface area contributed by atoms with Crippen molar-refractivity contribution in [2.45, 2.75) is 24.9 Å². The van der Waals surface area contributed by atoms with Crippen molar-refractivity contribution in [3.63, 3.8) is 0 Å². The van der Waals surface area contributed by atoms with Crippen molar-refractivity contribution < 1.29 is 9.90 Å². The Morgan fingerprint density at radius 1 is 1.33 bits per heavy atom. The summed E-state index contributed by atoms with van der Waals surface area (Å²) in [6.07, 6.45) is -0.995. The molecule has 1 aliphatic rings. The fourth-order valence-corrected chi connectivity index (χ4v) is 2.87. The Labute approximate surface area is 122 Å². The molecule has 0 saturated carbocycles. The van der Waals surface area contributed by atoms with E-state index in [1.165, 1.54) is 6.92 Å². The number of hydrogen-bond acceptors (Lipinski definition) is 5. The molecule has 21 heavy (non-hydrogen) atoms. The van der Waals surface area contributed by atoms with E-state index < -0.39 is 6.10 Å². The summed E-state index contributed by atoms with van der Waals surface area (Å²) < 4.78 is 0. The van der Waals surface area contributed by atoms with Crippen molar-refractivity contribution in [2.24, 2.45) is 0 Å². The number of rotatable bonds is 3. The van der Waals surface area contributed by atoms with Gasteiger partial charge in [-0.05, 0) is 12.5 Å². The normalized spacial score (nSPS) is 23.2. The lowest BCUT2D eigenvalue weighted by Crippen LogP contribution is -2.36. The van der Waals surface area contributed by atoms with Gasteiger partial charge in [0.25, 0.3) is 5.91 Å². The van der Waals surface area contributed by atoms with Crippen LogP contribution in [0.25, 0.3) is 0 Å². The first-order chi connectivity index (χ1) is 10.2. The quantitative estimate of drug-likeness (QED) is 0.846. The number of carbonyl (C=O) groups is 1. The molecule has 3 atom stereocenters. The van der Waals surface area contributed by atoms with Crippen LogP contribution in [0.2, 0.25) is 0 Å². The smallest absolute Gasteiger partial charge is 0.251 e. The number of likely N-dealkylation sites (tertiary alicyclic amines) is 1. The number of aliphatic hydroxyl groups excluding tert-OH is 1. The highest BCUT2D eigenvalue weighted by Crippen LogP contribution is 2.38. The number of aromatic amines is 1. The Morgan fingerprint density at radius 3 is 2.67 bits per heavy atom. The molecule has 1 unspecified atom stereocenters. The van der Waals surface area contributed by atoms with Gasteiger partial charge in [-0.2, -0.15) is 5.21 Å². The van der Waals surface area contributed by atoms with Gasteiger partial charge >= 0.3 is 0 Å². The van der Waals surface area contributed by atoms with E-state index in [4.69, 9.17) is 0 Å². The molecule has 3 rings (SSSR count). The van der Waals surface area contributed by atoms with Crippen LogP contribution in [0.1, 0.15) is 30.1 Å². The third-order valence-corrected chi connectivity index (χ3v) is 3.91. The minimum atomic E-state index is -0.995. The van der Waals surface area contributed by atoms with Crippen LogP contribution in [0, 0.1) is 0 Å². The number of aromatic nitrogens is 4.